The molecule has 9 heteroatoms. The fourth-order valence-corrected chi connectivity index (χ4v) is 4.40. The predicted molar refractivity (Wildman–Crippen MR) is 121 cm³/mol. The van der Waals surface area contributed by atoms with E-state index in [0.717, 1.165) is 22.6 Å². The SMILES string of the molecule is Cc1noc(C)c1CSc1ncccc1C(=O)Nc1ccnn1Cc1ccccc1Cl. The van der Waals surface area contributed by atoms with E-state index < -0.39 is 0 Å². The number of aromatic nitrogens is 4. The molecule has 0 saturated carbocycles. The van der Waals surface area contributed by atoms with E-state index >= 15 is 0 Å². The zero-order valence-electron chi connectivity index (χ0n) is 17.0. The quantitative estimate of drug-likeness (QED) is 0.390. The Hall–Kier alpha value is -3.10. The number of pyridine rings is 1. The highest BCUT2D eigenvalue weighted by molar-refractivity contribution is 7.98. The third kappa shape index (κ3) is 4.81. The minimum Gasteiger partial charge on any atom is -0.361 e. The fourth-order valence-electron chi connectivity index (χ4n) is 3.06. The second-order valence-electron chi connectivity index (χ2n) is 6.87. The summed E-state index contributed by atoms with van der Waals surface area (Å²) in [6.45, 7) is 4.23. The van der Waals surface area contributed by atoms with Gasteiger partial charge in [0.1, 0.15) is 16.6 Å². The van der Waals surface area contributed by atoms with Crippen molar-refractivity contribution in [3.63, 3.8) is 0 Å². The minimum absolute atomic E-state index is 0.254. The number of benzene rings is 1. The summed E-state index contributed by atoms with van der Waals surface area (Å²) in [7, 11) is 0. The molecule has 4 aromatic rings. The standard InChI is InChI=1S/C22H20ClN5O2S/c1-14-18(15(2)30-27-14)13-31-22-17(7-5-10-24-22)21(29)26-20-9-11-25-28(20)12-16-6-3-4-8-19(16)23/h3-11H,12-13H2,1-2H3,(H,26,29). The van der Waals surface area contributed by atoms with E-state index in [4.69, 9.17) is 16.1 Å². The largest absolute Gasteiger partial charge is 0.361 e. The zero-order chi connectivity index (χ0) is 21.8. The van der Waals surface area contributed by atoms with Gasteiger partial charge in [0.25, 0.3) is 5.91 Å². The molecule has 1 aromatic carbocycles. The van der Waals surface area contributed by atoms with Crippen molar-refractivity contribution in [2.75, 3.05) is 5.32 Å². The third-order valence-electron chi connectivity index (χ3n) is 4.79. The first-order valence-electron chi connectivity index (χ1n) is 9.59. The minimum atomic E-state index is -0.254. The molecule has 0 atom stereocenters. The number of halogens is 1. The molecule has 0 saturated heterocycles. The first-order chi connectivity index (χ1) is 15.0. The van der Waals surface area contributed by atoms with Crippen molar-refractivity contribution >= 4 is 35.1 Å². The lowest BCUT2D eigenvalue weighted by atomic mass is 10.2. The molecular formula is C22H20ClN5O2S. The molecule has 0 bridgehead atoms. The van der Waals surface area contributed by atoms with Crippen LogP contribution in [0.25, 0.3) is 0 Å². The molecule has 0 spiro atoms. The van der Waals surface area contributed by atoms with Gasteiger partial charge < -0.3 is 9.84 Å². The highest BCUT2D eigenvalue weighted by Crippen LogP contribution is 2.28. The van der Waals surface area contributed by atoms with Crippen molar-refractivity contribution < 1.29 is 9.32 Å². The van der Waals surface area contributed by atoms with Crippen LogP contribution in [0.2, 0.25) is 5.02 Å². The number of carbonyl (C=O) groups is 1. The Morgan fingerprint density at radius 3 is 2.77 bits per heavy atom. The lowest BCUT2D eigenvalue weighted by Gasteiger charge is -2.12. The molecule has 3 heterocycles. The summed E-state index contributed by atoms with van der Waals surface area (Å²) in [6.07, 6.45) is 3.32. The number of nitrogens with zero attached hydrogens (tertiary/aromatic N) is 4. The summed E-state index contributed by atoms with van der Waals surface area (Å²) in [5.41, 5.74) is 3.26. The number of hydrogen-bond acceptors (Lipinski definition) is 6. The number of aryl methyl sites for hydroxylation is 2. The molecule has 0 unspecified atom stereocenters. The number of rotatable bonds is 7. The first-order valence-corrected chi connectivity index (χ1v) is 11.0. The molecule has 0 radical (unpaired) electrons. The molecule has 0 aliphatic carbocycles. The number of amides is 1. The number of nitrogens with one attached hydrogen (secondary N) is 1. The molecule has 31 heavy (non-hydrogen) atoms. The summed E-state index contributed by atoms with van der Waals surface area (Å²) in [4.78, 5) is 17.4. The molecular weight excluding hydrogens is 434 g/mol. The van der Waals surface area contributed by atoms with Gasteiger partial charge in [-0.25, -0.2) is 9.67 Å². The number of thioether (sulfide) groups is 1. The fraction of sp³-hybridized carbons (Fsp3) is 0.182. The maximum absolute atomic E-state index is 13.0. The number of anilines is 1. The third-order valence-corrected chi connectivity index (χ3v) is 6.19. The van der Waals surface area contributed by atoms with E-state index in [9.17, 15) is 4.79 Å². The molecule has 0 aliphatic rings. The highest BCUT2D eigenvalue weighted by Gasteiger charge is 2.17. The number of hydrogen-bond donors (Lipinski definition) is 1. The molecule has 0 aliphatic heterocycles. The van der Waals surface area contributed by atoms with Crippen LogP contribution in [-0.2, 0) is 12.3 Å². The summed E-state index contributed by atoms with van der Waals surface area (Å²) in [6, 6.07) is 12.8. The van der Waals surface area contributed by atoms with Crippen LogP contribution < -0.4 is 5.32 Å². The smallest absolute Gasteiger partial charge is 0.259 e. The van der Waals surface area contributed by atoms with E-state index in [1.807, 2.05) is 38.1 Å². The van der Waals surface area contributed by atoms with E-state index in [1.165, 1.54) is 11.8 Å². The number of carbonyl (C=O) groups excluding carboxylic acids is 1. The van der Waals surface area contributed by atoms with Crippen LogP contribution >= 0.6 is 23.4 Å². The van der Waals surface area contributed by atoms with Crippen molar-refractivity contribution in [1.82, 2.24) is 19.9 Å². The lowest BCUT2D eigenvalue weighted by molar-refractivity contribution is 0.102. The average Bonchev–Trinajstić information content (AvgIpc) is 3.34. The maximum Gasteiger partial charge on any atom is 0.259 e. The van der Waals surface area contributed by atoms with Gasteiger partial charge in [-0.15, -0.1) is 11.8 Å². The lowest BCUT2D eigenvalue weighted by Crippen LogP contribution is -2.17. The monoisotopic (exact) mass is 453 g/mol. The van der Waals surface area contributed by atoms with Crippen LogP contribution in [0.15, 0.2) is 64.4 Å². The Balaban J connectivity index is 1.50. The van der Waals surface area contributed by atoms with Gasteiger partial charge in [-0.1, -0.05) is 35.0 Å². The summed E-state index contributed by atoms with van der Waals surface area (Å²) >= 11 is 7.74. The van der Waals surface area contributed by atoms with Crippen molar-refractivity contribution in [1.29, 1.82) is 0 Å². The molecule has 7 nitrogen and oxygen atoms in total. The summed E-state index contributed by atoms with van der Waals surface area (Å²) < 4.78 is 6.92. The van der Waals surface area contributed by atoms with Gasteiger partial charge in [0.05, 0.1) is 24.0 Å². The Kier molecular flexibility index (Phi) is 6.39. The molecule has 1 N–H and O–H groups in total. The van der Waals surface area contributed by atoms with Gasteiger partial charge in [0.2, 0.25) is 0 Å². The van der Waals surface area contributed by atoms with E-state index in [0.29, 0.717) is 33.7 Å². The maximum atomic E-state index is 13.0. The Morgan fingerprint density at radius 2 is 2.00 bits per heavy atom. The molecule has 0 fully saturated rings. The Labute approximate surface area is 188 Å². The zero-order valence-corrected chi connectivity index (χ0v) is 18.6. The molecule has 158 valence electrons. The Bertz CT molecular complexity index is 1200. The van der Waals surface area contributed by atoms with Gasteiger partial charge in [0, 0.05) is 28.6 Å². The van der Waals surface area contributed by atoms with E-state index in [1.54, 1.807) is 35.3 Å². The van der Waals surface area contributed by atoms with Gasteiger partial charge in [-0.05, 0) is 37.6 Å². The van der Waals surface area contributed by atoms with Crippen LogP contribution in [0.4, 0.5) is 5.82 Å². The van der Waals surface area contributed by atoms with Crippen molar-refractivity contribution in [3.05, 3.63) is 88.0 Å². The van der Waals surface area contributed by atoms with Crippen molar-refractivity contribution in [2.24, 2.45) is 0 Å². The Morgan fingerprint density at radius 1 is 1.16 bits per heavy atom. The van der Waals surface area contributed by atoms with Crippen LogP contribution in [-0.4, -0.2) is 25.8 Å². The van der Waals surface area contributed by atoms with Crippen LogP contribution in [0.1, 0.15) is 32.9 Å². The topological polar surface area (TPSA) is 85.8 Å². The second-order valence-corrected chi connectivity index (χ2v) is 8.24. The van der Waals surface area contributed by atoms with Crippen molar-refractivity contribution in [3.8, 4) is 0 Å². The van der Waals surface area contributed by atoms with Crippen molar-refractivity contribution in [2.45, 2.75) is 31.2 Å². The van der Waals surface area contributed by atoms with Gasteiger partial charge in [-0.2, -0.15) is 5.10 Å². The van der Waals surface area contributed by atoms with E-state index in [2.05, 4.69) is 20.6 Å². The summed E-state index contributed by atoms with van der Waals surface area (Å²) in [5, 5.41) is 12.5. The average molecular weight is 454 g/mol. The first kappa shape index (κ1) is 21.1. The van der Waals surface area contributed by atoms with Gasteiger partial charge >= 0.3 is 0 Å². The molecule has 3 aromatic heterocycles. The van der Waals surface area contributed by atoms with Gasteiger partial charge in [0.15, 0.2) is 0 Å². The van der Waals surface area contributed by atoms with E-state index in [-0.39, 0.29) is 5.91 Å². The van der Waals surface area contributed by atoms with Crippen LogP contribution in [0, 0.1) is 13.8 Å². The van der Waals surface area contributed by atoms with Gasteiger partial charge in [-0.3, -0.25) is 4.79 Å². The van der Waals surface area contributed by atoms with Crippen LogP contribution in [0.3, 0.4) is 0 Å². The predicted octanol–water partition coefficient (Wildman–Crippen LogP) is 5.13. The summed E-state index contributed by atoms with van der Waals surface area (Å²) in [5.74, 6) is 1.71. The van der Waals surface area contributed by atoms with Crippen LogP contribution in [0.5, 0.6) is 0 Å². The molecule has 1 amide bonds. The highest BCUT2D eigenvalue weighted by atomic mass is 35.5. The molecule has 4 rings (SSSR count). The second kappa shape index (κ2) is 9.36. The normalized spacial score (nSPS) is 10.9.